The number of para-hydroxylation sites is 1. The smallest absolute Gasteiger partial charge is 0.245 e. The van der Waals surface area contributed by atoms with E-state index in [9.17, 15) is 13.2 Å². The van der Waals surface area contributed by atoms with Gasteiger partial charge in [0.25, 0.3) is 0 Å². The molecule has 0 aliphatic carbocycles. The Balaban J connectivity index is 1.84. The highest BCUT2D eigenvalue weighted by Gasteiger charge is 2.26. The summed E-state index contributed by atoms with van der Waals surface area (Å²) < 4.78 is 37.0. The molecule has 28 heavy (non-hydrogen) atoms. The van der Waals surface area contributed by atoms with Crippen LogP contribution in [0.3, 0.4) is 0 Å². The minimum atomic E-state index is -3.67. The number of anilines is 2. The molecule has 9 heteroatoms. The van der Waals surface area contributed by atoms with Crippen molar-refractivity contribution in [1.29, 1.82) is 0 Å². The lowest BCUT2D eigenvalue weighted by Gasteiger charge is -2.23. The number of benzene rings is 2. The van der Waals surface area contributed by atoms with Crippen molar-refractivity contribution in [2.24, 2.45) is 0 Å². The summed E-state index contributed by atoms with van der Waals surface area (Å²) in [5.74, 6) is 1.32. The molecule has 1 amide bonds. The Labute approximate surface area is 169 Å². The van der Waals surface area contributed by atoms with Gasteiger partial charge in [-0.05, 0) is 36.9 Å². The van der Waals surface area contributed by atoms with E-state index in [2.05, 4.69) is 5.32 Å². The Morgan fingerprint density at radius 1 is 1.14 bits per heavy atom. The Morgan fingerprint density at radius 3 is 2.64 bits per heavy atom. The van der Waals surface area contributed by atoms with Crippen molar-refractivity contribution in [3.8, 4) is 11.5 Å². The molecule has 0 saturated carbocycles. The molecule has 7 nitrogen and oxygen atoms in total. The molecule has 3 rings (SSSR count). The fourth-order valence-electron chi connectivity index (χ4n) is 2.72. The van der Waals surface area contributed by atoms with Crippen LogP contribution in [0.25, 0.3) is 0 Å². The lowest BCUT2D eigenvalue weighted by atomic mass is 10.2. The average Bonchev–Trinajstić information content (AvgIpc) is 3.15. The molecular weight excluding hydrogens is 400 g/mol. The number of amides is 1. The minimum absolute atomic E-state index is 0.0890. The second-order valence-corrected chi connectivity index (χ2v) is 9.41. The Kier molecular flexibility index (Phi) is 6.35. The Morgan fingerprint density at radius 2 is 1.89 bits per heavy atom. The van der Waals surface area contributed by atoms with Gasteiger partial charge in [-0.3, -0.25) is 9.10 Å². The Bertz CT molecular complexity index is 963. The van der Waals surface area contributed by atoms with Crippen molar-refractivity contribution in [1.82, 2.24) is 0 Å². The van der Waals surface area contributed by atoms with E-state index in [1.165, 1.54) is 0 Å². The molecule has 150 valence electrons. The van der Waals surface area contributed by atoms with Crippen LogP contribution >= 0.6 is 11.8 Å². The van der Waals surface area contributed by atoms with E-state index in [4.69, 9.17) is 9.47 Å². The van der Waals surface area contributed by atoms with Crippen molar-refractivity contribution in [2.75, 3.05) is 34.5 Å². The summed E-state index contributed by atoms with van der Waals surface area (Å²) in [6.45, 7) is 3.32. The fraction of sp³-hybridized carbons (Fsp3) is 0.316. The van der Waals surface area contributed by atoms with Crippen LogP contribution in [0, 0.1) is 0 Å². The van der Waals surface area contributed by atoms with E-state index >= 15 is 0 Å². The first-order chi connectivity index (χ1) is 13.4. The highest BCUT2D eigenvalue weighted by atomic mass is 32.2. The van der Waals surface area contributed by atoms with E-state index in [0.717, 1.165) is 15.0 Å². The zero-order chi connectivity index (χ0) is 20.1. The molecule has 2 aromatic carbocycles. The third-order valence-electron chi connectivity index (χ3n) is 4.09. The van der Waals surface area contributed by atoms with E-state index < -0.39 is 15.9 Å². The normalized spacial score (nSPS) is 12.6. The number of ether oxygens (including phenoxy) is 2. The van der Waals surface area contributed by atoms with E-state index in [1.54, 1.807) is 43.0 Å². The summed E-state index contributed by atoms with van der Waals surface area (Å²) >= 11 is 1.61. The number of carbonyl (C=O) groups excluding carboxylic acids is 1. The number of rotatable bonds is 8. The zero-order valence-electron chi connectivity index (χ0n) is 15.7. The van der Waals surface area contributed by atoms with Crippen LogP contribution in [-0.2, 0) is 14.8 Å². The largest absolute Gasteiger partial charge is 0.454 e. The van der Waals surface area contributed by atoms with E-state index in [1.807, 2.05) is 25.1 Å². The van der Waals surface area contributed by atoms with Gasteiger partial charge in [-0.15, -0.1) is 11.8 Å². The van der Waals surface area contributed by atoms with Crippen molar-refractivity contribution < 1.29 is 22.7 Å². The molecule has 0 bridgehead atoms. The van der Waals surface area contributed by atoms with Gasteiger partial charge in [0.15, 0.2) is 11.5 Å². The third kappa shape index (κ3) is 4.53. The molecule has 0 unspecified atom stereocenters. The van der Waals surface area contributed by atoms with Crippen LogP contribution in [0.4, 0.5) is 11.4 Å². The highest BCUT2D eigenvalue weighted by molar-refractivity contribution is 7.99. The van der Waals surface area contributed by atoms with Gasteiger partial charge in [-0.2, -0.15) is 0 Å². The van der Waals surface area contributed by atoms with Gasteiger partial charge >= 0.3 is 0 Å². The molecule has 1 N–H and O–H groups in total. The number of carbonyl (C=O) groups is 1. The van der Waals surface area contributed by atoms with Gasteiger partial charge < -0.3 is 14.8 Å². The van der Waals surface area contributed by atoms with Crippen molar-refractivity contribution in [3.05, 3.63) is 42.5 Å². The predicted octanol–water partition coefficient (Wildman–Crippen LogP) is 3.32. The first kappa shape index (κ1) is 20.3. The SMILES string of the molecule is CCSc1ccccc1NC(=O)CN(c1ccc2c(c1)OCO2)S(=O)(=O)CC. The molecule has 2 aromatic rings. The van der Waals surface area contributed by atoms with Crippen LogP contribution in [0.2, 0.25) is 0 Å². The van der Waals surface area contributed by atoms with Crippen molar-refractivity contribution in [2.45, 2.75) is 18.7 Å². The molecule has 0 saturated heterocycles. The summed E-state index contributed by atoms with van der Waals surface area (Å²) in [6, 6.07) is 12.3. The number of hydrogen-bond acceptors (Lipinski definition) is 6. The number of thioether (sulfide) groups is 1. The van der Waals surface area contributed by atoms with E-state index in [-0.39, 0.29) is 19.1 Å². The lowest BCUT2D eigenvalue weighted by Crippen LogP contribution is -2.39. The van der Waals surface area contributed by atoms with Crippen molar-refractivity contribution in [3.63, 3.8) is 0 Å². The topological polar surface area (TPSA) is 84.9 Å². The number of sulfonamides is 1. The maximum atomic E-state index is 12.7. The quantitative estimate of drug-likeness (QED) is 0.657. The zero-order valence-corrected chi connectivity index (χ0v) is 17.3. The van der Waals surface area contributed by atoms with Gasteiger partial charge in [0.05, 0.1) is 17.1 Å². The number of hydrogen-bond donors (Lipinski definition) is 1. The van der Waals surface area contributed by atoms with Crippen LogP contribution in [-0.4, -0.2) is 39.2 Å². The molecule has 1 aliphatic heterocycles. The monoisotopic (exact) mass is 422 g/mol. The molecule has 0 aromatic heterocycles. The molecule has 1 heterocycles. The first-order valence-electron chi connectivity index (χ1n) is 8.86. The van der Waals surface area contributed by atoms with Gasteiger partial charge in [0.2, 0.25) is 22.7 Å². The number of nitrogens with zero attached hydrogens (tertiary/aromatic N) is 1. The van der Waals surface area contributed by atoms with Gasteiger partial charge in [0.1, 0.15) is 6.54 Å². The maximum absolute atomic E-state index is 12.7. The molecule has 0 radical (unpaired) electrons. The van der Waals surface area contributed by atoms with Crippen LogP contribution in [0.5, 0.6) is 11.5 Å². The van der Waals surface area contributed by atoms with Gasteiger partial charge in [-0.1, -0.05) is 19.1 Å². The number of nitrogens with one attached hydrogen (secondary N) is 1. The minimum Gasteiger partial charge on any atom is -0.454 e. The lowest BCUT2D eigenvalue weighted by molar-refractivity contribution is -0.114. The molecule has 0 fully saturated rings. The Hall–Kier alpha value is -2.39. The third-order valence-corrected chi connectivity index (χ3v) is 6.79. The van der Waals surface area contributed by atoms with Gasteiger partial charge in [-0.25, -0.2) is 8.42 Å². The first-order valence-corrected chi connectivity index (χ1v) is 11.5. The molecule has 0 spiro atoms. The average molecular weight is 423 g/mol. The summed E-state index contributed by atoms with van der Waals surface area (Å²) in [6.07, 6.45) is 0. The summed E-state index contributed by atoms with van der Waals surface area (Å²) in [4.78, 5) is 13.6. The highest BCUT2D eigenvalue weighted by Crippen LogP contribution is 2.36. The predicted molar refractivity (Wildman–Crippen MR) is 111 cm³/mol. The second kappa shape index (κ2) is 8.74. The van der Waals surface area contributed by atoms with Crippen molar-refractivity contribution >= 4 is 39.1 Å². The van der Waals surface area contributed by atoms with Crippen LogP contribution in [0.15, 0.2) is 47.4 Å². The molecule has 1 aliphatic rings. The summed E-state index contributed by atoms with van der Waals surface area (Å²) in [5.41, 5.74) is 1.02. The van der Waals surface area contributed by atoms with Crippen LogP contribution in [0.1, 0.15) is 13.8 Å². The standard InChI is InChI=1S/C19H22N2O5S2/c1-3-27-18-8-6-5-7-15(18)20-19(22)12-21(28(23,24)4-2)14-9-10-16-17(11-14)26-13-25-16/h5-11H,3-4,12-13H2,1-2H3,(H,20,22). The molecule has 0 atom stereocenters. The molecular formula is C19H22N2O5S2. The number of fused-ring (bicyclic) bond motifs is 1. The maximum Gasteiger partial charge on any atom is 0.245 e. The van der Waals surface area contributed by atoms with E-state index in [0.29, 0.717) is 22.9 Å². The van der Waals surface area contributed by atoms with Crippen LogP contribution < -0.4 is 19.1 Å². The summed E-state index contributed by atoms with van der Waals surface area (Å²) in [7, 11) is -3.67. The fourth-order valence-corrected chi connectivity index (χ4v) is 4.54. The van der Waals surface area contributed by atoms with Gasteiger partial charge in [0, 0.05) is 11.0 Å². The summed E-state index contributed by atoms with van der Waals surface area (Å²) in [5, 5.41) is 2.82. The second-order valence-electron chi connectivity index (χ2n) is 5.92.